The van der Waals surface area contributed by atoms with Crippen molar-refractivity contribution in [3.8, 4) is 5.75 Å². The molecule has 2 saturated heterocycles. The topological polar surface area (TPSA) is 77.7 Å². The fourth-order valence-electron chi connectivity index (χ4n) is 3.18. The van der Waals surface area contributed by atoms with E-state index in [0.717, 1.165) is 18.0 Å². The third-order valence-corrected chi connectivity index (χ3v) is 4.23. The summed E-state index contributed by atoms with van der Waals surface area (Å²) in [4.78, 5) is 12.4. The summed E-state index contributed by atoms with van der Waals surface area (Å²) in [5.41, 5.74) is 4.26. The lowest BCUT2D eigenvalue weighted by atomic mass is 10.0. The molecule has 4 N–H and O–H groups in total. The van der Waals surface area contributed by atoms with E-state index in [-0.39, 0.29) is 24.3 Å². The molecule has 0 aromatic heterocycles. The maximum Gasteiger partial charge on any atom is 0.230 e. The normalized spacial score (nSPS) is 27.0. The van der Waals surface area contributed by atoms with Gasteiger partial charge in [-0.25, -0.2) is 5.01 Å². The van der Waals surface area contributed by atoms with Gasteiger partial charge in [0, 0.05) is 18.8 Å². The second kappa shape index (κ2) is 7.38. The Morgan fingerprint density at radius 1 is 1.33 bits per heavy atom. The summed E-state index contributed by atoms with van der Waals surface area (Å²) < 4.78 is 5.45. The van der Waals surface area contributed by atoms with Gasteiger partial charge in [0.25, 0.3) is 0 Å². The van der Waals surface area contributed by atoms with E-state index in [0.29, 0.717) is 19.1 Å². The molecule has 2 aliphatic rings. The SMILES string of the molecule is CCOc1ccc(NC2NC(=O)C3CNN(CC(C)C)C3N2)cc1. The molecule has 3 atom stereocenters. The number of carbonyl (C=O) groups is 1. The van der Waals surface area contributed by atoms with Crippen LogP contribution in [0.4, 0.5) is 5.69 Å². The molecule has 3 rings (SSSR count). The second-order valence-corrected chi connectivity index (χ2v) is 6.67. The van der Waals surface area contributed by atoms with Crippen molar-refractivity contribution in [1.82, 2.24) is 21.1 Å². The molecule has 132 valence electrons. The minimum atomic E-state index is -0.300. The molecule has 24 heavy (non-hydrogen) atoms. The summed E-state index contributed by atoms with van der Waals surface area (Å²) in [5, 5.41) is 11.9. The number of nitrogens with one attached hydrogen (secondary N) is 4. The zero-order valence-corrected chi connectivity index (χ0v) is 14.5. The van der Waals surface area contributed by atoms with Crippen LogP contribution in [0.2, 0.25) is 0 Å². The van der Waals surface area contributed by atoms with Gasteiger partial charge in [0.1, 0.15) is 5.75 Å². The van der Waals surface area contributed by atoms with Crippen LogP contribution >= 0.6 is 0 Å². The standard InChI is InChI=1S/C17H27N5O2/c1-4-24-13-7-5-12(6-8-13)19-17-20-15-14(16(23)21-17)9-18-22(15)10-11(2)3/h5-8,11,14-15,17-20H,4,9-10H2,1-3H3,(H,21,23). The van der Waals surface area contributed by atoms with Crippen LogP contribution in [-0.4, -0.2) is 43.1 Å². The summed E-state index contributed by atoms with van der Waals surface area (Å²) in [6.45, 7) is 8.53. The molecule has 3 unspecified atom stereocenters. The second-order valence-electron chi connectivity index (χ2n) is 6.67. The molecule has 1 aromatic rings. The third kappa shape index (κ3) is 3.80. The van der Waals surface area contributed by atoms with E-state index in [2.05, 4.69) is 40.2 Å². The highest BCUT2D eigenvalue weighted by Crippen LogP contribution is 2.21. The first-order valence-corrected chi connectivity index (χ1v) is 8.62. The fraction of sp³-hybridized carbons (Fsp3) is 0.588. The van der Waals surface area contributed by atoms with E-state index in [1.54, 1.807) is 0 Å². The van der Waals surface area contributed by atoms with E-state index in [9.17, 15) is 4.79 Å². The van der Waals surface area contributed by atoms with Gasteiger partial charge in [0.15, 0.2) is 6.29 Å². The number of ether oxygens (including phenoxy) is 1. The molecule has 0 bridgehead atoms. The van der Waals surface area contributed by atoms with Crippen molar-refractivity contribution in [2.75, 3.05) is 25.0 Å². The Labute approximate surface area is 143 Å². The zero-order chi connectivity index (χ0) is 17.1. The number of nitrogens with zero attached hydrogens (tertiary/aromatic N) is 1. The molecule has 7 nitrogen and oxygen atoms in total. The van der Waals surface area contributed by atoms with Crippen LogP contribution in [0.3, 0.4) is 0 Å². The van der Waals surface area contributed by atoms with Gasteiger partial charge in [-0.05, 0) is 37.1 Å². The lowest BCUT2D eigenvalue weighted by molar-refractivity contribution is -0.129. The monoisotopic (exact) mass is 333 g/mol. The smallest absolute Gasteiger partial charge is 0.230 e. The molecule has 0 saturated carbocycles. The van der Waals surface area contributed by atoms with Crippen molar-refractivity contribution < 1.29 is 9.53 Å². The van der Waals surface area contributed by atoms with Crippen LogP contribution in [0, 0.1) is 11.8 Å². The minimum absolute atomic E-state index is 0.00125. The first-order chi connectivity index (χ1) is 11.6. The van der Waals surface area contributed by atoms with Gasteiger partial charge in [-0.15, -0.1) is 0 Å². The van der Waals surface area contributed by atoms with E-state index >= 15 is 0 Å². The van der Waals surface area contributed by atoms with Crippen molar-refractivity contribution in [2.24, 2.45) is 11.8 Å². The van der Waals surface area contributed by atoms with E-state index in [1.807, 2.05) is 31.2 Å². The van der Waals surface area contributed by atoms with E-state index in [1.165, 1.54) is 0 Å². The Hall–Kier alpha value is -1.83. The summed E-state index contributed by atoms with van der Waals surface area (Å²) >= 11 is 0. The van der Waals surface area contributed by atoms with Crippen LogP contribution in [0.25, 0.3) is 0 Å². The highest BCUT2D eigenvalue weighted by Gasteiger charge is 2.43. The van der Waals surface area contributed by atoms with Crippen molar-refractivity contribution in [2.45, 2.75) is 33.2 Å². The number of hydrogen-bond acceptors (Lipinski definition) is 6. The Bertz CT molecular complexity index is 563. The molecule has 2 fully saturated rings. The van der Waals surface area contributed by atoms with E-state index < -0.39 is 0 Å². The summed E-state index contributed by atoms with van der Waals surface area (Å²) in [5.74, 6) is 1.37. The highest BCUT2D eigenvalue weighted by molar-refractivity contribution is 5.81. The quantitative estimate of drug-likeness (QED) is 0.620. The number of anilines is 1. The Balaban J connectivity index is 1.63. The summed E-state index contributed by atoms with van der Waals surface area (Å²) in [6.07, 6.45) is -0.299. The summed E-state index contributed by atoms with van der Waals surface area (Å²) in [7, 11) is 0. The lowest BCUT2D eigenvalue weighted by Crippen LogP contribution is -2.66. The average Bonchev–Trinajstić information content (AvgIpc) is 2.92. The number of amides is 1. The van der Waals surface area contributed by atoms with Crippen molar-refractivity contribution in [3.63, 3.8) is 0 Å². The number of benzene rings is 1. The van der Waals surface area contributed by atoms with Gasteiger partial charge in [0.05, 0.1) is 18.7 Å². The van der Waals surface area contributed by atoms with Gasteiger partial charge in [-0.3, -0.25) is 15.5 Å². The Morgan fingerprint density at radius 3 is 2.75 bits per heavy atom. The van der Waals surface area contributed by atoms with E-state index in [4.69, 9.17) is 4.74 Å². The maximum absolute atomic E-state index is 12.4. The largest absolute Gasteiger partial charge is 0.494 e. The maximum atomic E-state index is 12.4. The molecule has 2 heterocycles. The predicted molar refractivity (Wildman–Crippen MR) is 93.1 cm³/mol. The number of hydrogen-bond donors (Lipinski definition) is 4. The highest BCUT2D eigenvalue weighted by atomic mass is 16.5. The number of rotatable bonds is 6. The van der Waals surface area contributed by atoms with Crippen molar-refractivity contribution in [3.05, 3.63) is 24.3 Å². The van der Waals surface area contributed by atoms with Crippen molar-refractivity contribution >= 4 is 11.6 Å². The van der Waals surface area contributed by atoms with Gasteiger partial charge >= 0.3 is 0 Å². The van der Waals surface area contributed by atoms with Crippen LogP contribution in [0.15, 0.2) is 24.3 Å². The average molecular weight is 333 g/mol. The van der Waals surface area contributed by atoms with Crippen LogP contribution in [0.1, 0.15) is 20.8 Å². The van der Waals surface area contributed by atoms with Crippen LogP contribution < -0.4 is 26.1 Å². The number of carbonyl (C=O) groups excluding carboxylic acids is 1. The Kier molecular flexibility index (Phi) is 5.23. The molecule has 0 radical (unpaired) electrons. The lowest BCUT2D eigenvalue weighted by Gasteiger charge is -2.37. The first kappa shape index (κ1) is 17.0. The van der Waals surface area contributed by atoms with Gasteiger partial charge in [0.2, 0.25) is 5.91 Å². The Morgan fingerprint density at radius 2 is 2.08 bits per heavy atom. The first-order valence-electron chi connectivity index (χ1n) is 8.62. The number of hydrazine groups is 1. The third-order valence-electron chi connectivity index (χ3n) is 4.23. The molecule has 2 aliphatic heterocycles. The molecular formula is C17H27N5O2. The molecule has 0 spiro atoms. The van der Waals surface area contributed by atoms with Gasteiger partial charge < -0.3 is 15.4 Å². The minimum Gasteiger partial charge on any atom is -0.494 e. The molecule has 1 amide bonds. The fourth-order valence-corrected chi connectivity index (χ4v) is 3.18. The van der Waals surface area contributed by atoms with Gasteiger partial charge in [-0.2, -0.15) is 0 Å². The van der Waals surface area contributed by atoms with Crippen molar-refractivity contribution in [1.29, 1.82) is 0 Å². The zero-order valence-electron chi connectivity index (χ0n) is 14.5. The van der Waals surface area contributed by atoms with Crippen LogP contribution in [0.5, 0.6) is 5.75 Å². The predicted octanol–water partition coefficient (Wildman–Crippen LogP) is 0.919. The molecular weight excluding hydrogens is 306 g/mol. The van der Waals surface area contributed by atoms with Crippen LogP contribution in [-0.2, 0) is 4.79 Å². The molecule has 0 aliphatic carbocycles. The molecule has 1 aromatic carbocycles. The molecule has 7 heteroatoms. The summed E-state index contributed by atoms with van der Waals surface area (Å²) in [6, 6.07) is 7.73. The number of fused-ring (bicyclic) bond motifs is 1. The van der Waals surface area contributed by atoms with Gasteiger partial charge in [-0.1, -0.05) is 13.8 Å².